The Balaban J connectivity index is 2.13. The van der Waals surface area contributed by atoms with Crippen molar-refractivity contribution < 1.29 is 0 Å². The van der Waals surface area contributed by atoms with Crippen LogP contribution in [0, 0.1) is 0 Å². The molecule has 1 heterocycles. The third-order valence-corrected chi connectivity index (χ3v) is 3.12. The van der Waals surface area contributed by atoms with Gasteiger partial charge in [-0.2, -0.15) is 0 Å². The van der Waals surface area contributed by atoms with Crippen LogP contribution in [0.15, 0.2) is 0 Å². The summed E-state index contributed by atoms with van der Waals surface area (Å²) in [5.74, 6) is 0. The Labute approximate surface area is 88.8 Å². The normalized spacial score (nSPS) is 21.9. The molecule has 0 radical (unpaired) electrons. The monoisotopic (exact) mass is 198 g/mol. The highest BCUT2D eigenvalue weighted by molar-refractivity contribution is 4.70. The molecule has 0 amide bonds. The topological polar surface area (TPSA) is 29.3 Å². The molecule has 0 bridgehead atoms. The van der Waals surface area contributed by atoms with Gasteiger partial charge in [0.1, 0.15) is 0 Å². The van der Waals surface area contributed by atoms with Crippen molar-refractivity contribution >= 4 is 0 Å². The molecule has 1 atom stereocenters. The lowest BCUT2D eigenvalue weighted by atomic mass is 10.1. The number of nitrogens with two attached hydrogens (primary N) is 1. The van der Waals surface area contributed by atoms with Gasteiger partial charge in [0.05, 0.1) is 0 Å². The molecule has 1 aliphatic rings. The standard InChI is InChI=1S/C12H26N2/c1-2-3-8-12(13)11-14-9-6-4-5-7-10-14/h12H,2-11,13H2,1H3. The lowest BCUT2D eigenvalue weighted by Crippen LogP contribution is -2.38. The van der Waals surface area contributed by atoms with Gasteiger partial charge >= 0.3 is 0 Å². The first-order valence-corrected chi connectivity index (χ1v) is 6.31. The molecular weight excluding hydrogens is 172 g/mol. The molecule has 2 N–H and O–H groups in total. The fourth-order valence-corrected chi connectivity index (χ4v) is 2.21. The van der Waals surface area contributed by atoms with Gasteiger partial charge in [0.2, 0.25) is 0 Å². The Morgan fingerprint density at radius 1 is 1.14 bits per heavy atom. The number of likely N-dealkylation sites (tertiary alicyclic amines) is 1. The van der Waals surface area contributed by atoms with Gasteiger partial charge < -0.3 is 10.6 Å². The molecule has 2 nitrogen and oxygen atoms in total. The molecule has 1 unspecified atom stereocenters. The van der Waals surface area contributed by atoms with Crippen molar-refractivity contribution in [3.63, 3.8) is 0 Å². The summed E-state index contributed by atoms with van der Waals surface area (Å²) in [4.78, 5) is 2.56. The predicted molar refractivity (Wildman–Crippen MR) is 62.4 cm³/mol. The molecule has 0 aromatic rings. The Morgan fingerprint density at radius 3 is 2.36 bits per heavy atom. The highest BCUT2D eigenvalue weighted by Gasteiger charge is 2.11. The van der Waals surface area contributed by atoms with Crippen LogP contribution in [0.5, 0.6) is 0 Å². The van der Waals surface area contributed by atoms with Crippen LogP contribution in [0.3, 0.4) is 0 Å². The summed E-state index contributed by atoms with van der Waals surface area (Å²) in [7, 11) is 0. The van der Waals surface area contributed by atoms with Gasteiger partial charge in [-0.25, -0.2) is 0 Å². The third-order valence-electron chi connectivity index (χ3n) is 3.12. The van der Waals surface area contributed by atoms with Crippen molar-refractivity contribution in [2.75, 3.05) is 19.6 Å². The Bertz CT molecular complexity index is 128. The predicted octanol–water partition coefficient (Wildman–Crippen LogP) is 2.38. The summed E-state index contributed by atoms with van der Waals surface area (Å²) in [6.45, 7) is 5.91. The number of hydrogen-bond acceptors (Lipinski definition) is 2. The Morgan fingerprint density at radius 2 is 1.79 bits per heavy atom. The van der Waals surface area contributed by atoms with Gasteiger partial charge in [-0.1, -0.05) is 32.6 Å². The van der Waals surface area contributed by atoms with Crippen LogP contribution in [-0.2, 0) is 0 Å². The van der Waals surface area contributed by atoms with Crippen LogP contribution in [0.25, 0.3) is 0 Å². The largest absolute Gasteiger partial charge is 0.327 e. The highest BCUT2D eigenvalue weighted by atomic mass is 15.1. The summed E-state index contributed by atoms with van der Waals surface area (Å²) < 4.78 is 0. The van der Waals surface area contributed by atoms with E-state index in [-0.39, 0.29) is 0 Å². The molecule has 1 fully saturated rings. The lowest BCUT2D eigenvalue weighted by molar-refractivity contribution is 0.261. The third kappa shape index (κ3) is 4.97. The van der Waals surface area contributed by atoms with Crippen molar-refractivity contribution in [3.05, 3.63) is 0 Å². The zero-order chi connectivity index (χ0) is 10.2. The average molecular weight is 198 g/mol. The van der Waals surface area contributed by atoms with Gasteiger partial charge in [0, 0.05) is 12.6 Å². The Kier molecular flexibility index (Phi) is 6.20. The summed E-state index contributed by atoms with van der Waals surface area (Å²) in [6, 6.07) is 0.410. The highest BCUT2D eigenvalue weighted by Crippen LogP contribution is 2.10. The van der Waals surface area contributed by atoms with E-state index in [1.807, 2.05) is 0 Å². The van der Waals surface area contributed by atoms with E-state index in [0.29, 0.717) is 6.04 Å². The number of unbranched alkanes of at least 4 members (excludes halogenated alkanes) is 1. The molecule has 1 aliphatic heterocycles. The maximum atomic E-state index is 6.10. The smallest absolute Gasteiger partial charge is 0.0167 e. The van der Waals surface area contributed by atoms with Crippen molar-refractivity contribution in [3.8, 4) is 0 Å². The maximum absolute atomic E-state index is 6.10. The van der Waals surface area contributed by atoms with E-state index in [0.717, 1.165) is 6.54 Å². The Hall–Kier alpha value is -0.0800. The fraction of sp³-hybridized carbons (Fsp3) is 1.00. The molecule has 0 aromatic heterocycles. The molecule has 84 valence electrons. The van der Waals surface area contributed by atoms with Gasteiger partial charge in [0.25, 0.3) is 0 Å². The van der Waals surface area contributed by atoms with Crippen molar-refractivity contribution in [2.24, 2.45) is 5.73 Å². The zero-order valence-corrected chi connectivity index (χ0v) is 9.67. The van der Waals surface area contributed by atoms with Crippen LogP contribution in [0.4, 0.5) is 0 Å². The van der Waals surface area contributed by atoms with Crippen molar-refractivity contribution in [2.45, 2.75) is 57.9 Å². The zero-order valence-electron chi connectivity index (χ0n) is 9.67. The molecule has 14 heavy (non-hydrogen) atoms. The number of rotatable bonds is 5. The van der Waals surface area contributed by atoms with Gasteiger partial charge in [-0.15, -0.1) is 0 Å². The fourth-order valence-electron chi connectivity index (χ4n) is 2.21. The molecule has 0 aliphatic carbocycles. The quantitative estimate of drug-likeness (QED) is 0.735. The van der Waals surface area contributed by atoms with Gasteiger partial charge in [-0.05, 0) is 32.4 Å². The van der Waals surface area contributed by atoms with Crippen LogP contribution >= 0.6 is 0 Å². The molecule has 0 aromatic carbocycles. The van der Waals surface area contributed by atoms with Crippen LogP contribution in [0.2, 0.25) is 0 Å². The lowest BCUT2D eigenvalue weighted by Gasteiger charge is -2.23. The summed E-state index contributed by atoms with van der Waals surface area (Å²) in [5.41, 5.74) is 6.10. The summed E-state index contributed by atoms with van der Waals surface area (Å²) in [5, 5.41) is 0. The van der Waals surface area contributed by atoms with Gasteiger partial charge in [0.15, 0.2) is 0 Å². The van der Waals surface area contributed by atoms with E-state index >= 15 is 0 Å². The van der Waals surface area contributed by atoms with E-state index in [9.17, 15) is 0 Å². The van der Waals surface area contributed by atoms with E-state index in [1.54, 1.807) is 0 Å². The average Bonchev–Trinajstić information content (AvgIpc) is 2.43. The van der Waals surface area contributed by atoms with E-state index in [2.05, 4.69) is 11.8 Å². The van der Waals surface area contributed by atoms with Crippen molar-refractivity contribution in [1.82, 2.24) is 4.90 Å². The second-order valence-electron chi connectivity index (χ2n) is 4.62. The first-order valence-electron chi connectivity index (χ1n) is 6.31. The van der Waals surface area contributed by atoms with Crippen LogP contribution < -0.4 is 5.73 Å². The molecular formula is C12H26N2. The molecule has 0 saturated carbocycles. The van der Waals surface area contributed by atoms with Crippen LogP contribution in [0.1, 0.15) is 51.9 Å². The SMILES string of the molecule is CCCCC(N)CN1CCCCCC1. The molecule has 0 spiro atoms. The molecule has 1 saturated heterocycles. The minimum Gasteiger partial charge on any atom is -0.327 e. The minimum absolute atomic E-state index is 0.410. The second-order valence-corrected chi connectivity index (χ2v) is 4.62. The summed E-state index contributed by atoms with van der Waals surface area (Å²) >= 11 is 0. The number of nitrogens with zero attached hydrogens (tertiary/aromatic N) is 1. The van der Waals surface area contributed by atoms with Gasteiger partial charge in [-0.3, -0.25) is 0 Å². The second kappa shape index (κ2) is 7.24. The number of hydrogen-bond donors (Lipinski definition) is 1. The maximum Gasteiger partial charge on any atom is 0.0167 e. The molecule has 1 rings (SSSR count). The van der Waals surface area contributed by atoms with E-state index < -0.39 is 0 Å². The van der Waals surface area contributed by atoms with E-state index in [4.69, 9.17) is 5.73 Å². The van der Waals surface area contributed by atoms with Crippen molar-refractivity contribution in [1.29, 1.82) is 0 Å². The first-order chi connectivity index (χ1) is 6.83. The minimum atomic E-state index is 0.410. The first kappa shape index (κ1) is 12.0. The van der Waals surface area contributed by atoms with E-state index in [1.165, 1.54) is 58.0 Å². The summed E-state index contributed by atoms with van der Waals surface area (Å²) in [6.07, 6.45) is 9.35. The van der Waals surface area contributed by atoms with Crippen LogP contribution in [-0.4, -0.2) is 30.6 Å². The molecule has 2 heteroatoms.